The summed E-state index contributed by atoms with van der Waals surface area (Å²) >= 11 is 0. The zero-order valence-electron chi connectivity index (χ0n) is 11.3. The molecule has 1 N–H and O–H groups in total. The Bertz CT molecular complexity index is 656. The molecule has 0 saturated carbocycles. The highest BCUT2D eigenvalue weighted by atomic mass is 19.1. The molecule has 5 nitrogen and oxygen atoms in total. The average molecular weight is 288 g/mol. The van der Waals surface area contributed by atoms with Crippen LogP contribution in [0.25, 0.3) is 0 Å². The Hall–Kier alpha value is -2.76. The minimum Gasteiger partial charge on any atom is -0.465 e. The van der Waals surface area contributed by atoms with Crippen LogP contribution in [0.2, 0.25) is 0 Å². The van der Waals surface area contributed by atoms with Gasteiger partial charge in [0.15, 0.2) is 0 Å². The van der Waals surface area contributed by atoms with Crippen molar-refractivity contribution in [2.75, 3.05) is 7.11 Å². The first-order chi connectivity index (χ1) is 10.1. The van der Waals surface area contributed by atoms with Gasteiger partial charge in [-0.05, 0) is 29.8 Å². The zero-order chi connectivity index (χ0) is 15.2. The van der Waals surface area contributed by atoms with Gasteiger partial charge in [0.1, 0.15) is 5.69 Å². The lowest BCUT2D eigenvalue weighted by molar-refractivity contribution is 0.0600. The van der Waals surface area contributed by atoms with Crippen molar-refractivity contribution in [3.8, 4) is 0 Å². The monoisotopic (exact) mass is 288 g/mol. The molecule has 1 amide bonds. The predicted molar refractivity (Wildman–Crippen MR) is 73.1 cm³/mol. The van der Waals surface area contributed by atoms with Crippen LogP contribution < -0.4 is 5.32 Å². The van der Waals surface area contributed by atoms with Gasteiger partial charge in [-0.25, -0.2) is 9.78 Å². The molecule has 0 aliphatic rings. The third-order valence-corrected chi connectivity index (χ3v) is 2.78. The molecule has 1 heterocycles. The summed E-state index contributed by atoms with van der Waals surface area (Å²) < 4.78 is 17.5. The van der Waals surface area contributed by atoms with Gasteiger partial charge in [0.2, 0.25) is 5.95 Å². The van der Waals surface area contributed by atoms with Crippen LogP contribution >= 0.6 is 0 Å². The first-order valence-corrected chi connectivity index (χ1v) is 6.18. The van der Waals surface area contributed by atoms with Crippen LogP contribution in [-0.2, 0) is 11.3 Å². The van der Waals surface area contributed by atoms with Crippen molar-refractivity contribution < 1.29 is 18.7 Å². The molecule has 0 radical (unpaired) electrons. The van der Waals surface area contributed by atoms with Crippen LogP contribution in [0.4, 0.5) is 4.39 Å². The van der Waals surface area contributed by atoms with Crippen molar-refractivity contribution in [2.45, 2.75) is 6.54 Å². The summed E-state index contributed by atoms with van der Waals surface area (Å²) in [6, 6.07) is 10.6. The Morgan fingerprint density at radius 2 is 1.90 bits per heavy atom. The number of pyridine rings is 1. The highest BCUT2D eigenvalue weighted by Crippen LogP contribution is 2.06. The van der Waals surface area contributed by atoms with E-state index in [1.165, 1.54) is 25.3 Å². The number of methoxy groups -OCH3 is 1. The summed E-state index contributed by atoms with van der Waals surface area (Å²) in [5.74, 6) is -1.59. The molecule has 1 aromatic heterocycles. The van der Waals surface area contributed by atoms with E-state index in [1.54, 1.807) is 24.3 Å². The SMILES string of the molecule is COC(=O)c1ccc(CNC(=O)c2cccc(F)n2)cc1. The van der Waals surface area contributed by atoms with Crippen molar-refractivity contribution in [1.29, 1.82) is 0 Å². The number of benzene rings is 1. The van der Waals surface area contributed by atoms with Crippen molar-refractivity contribution in [2.24, 2.45) is 0 Å². The Balaban J connectivity index is 1.97. The summed E-state index contributed by atoms with van der Waals surface area (Å²) in [4.78, 5) is 26.5. The maximum absolute atomic E-state index is 12.9. The third kappa shape index (κ3) is 3.85. The van der Waals surface area contributed by atoms with Crippen molar-refractivity contribution in [3.05, 3.63) is 65.2 Å². The number of aromatic nitrogens is 1. The molecule has 0 atom stereocenters. The largest absolute Gasteiger partial charge is 0.465 e. The number of esters is 1. The number of carbonyl (C=O) groups excluding carboxylic acids is 2. The van der Waals surface area contributed by atoms with Gasteiger partial charge in [-0.15, -0.1) is 0 Å². The molecule has 2 rings (SSSR count). The molecule has 108 valence electrons. The number of rotatable bonds is 4. The highest BCUT2D eigenvalue weighted by molar-refractivity contribution is 5.92. The Morgan fingerprint density at radius 3 is 2.52 bits per heavy atom. The maximum Gasteiger partial charge on any atom is 0.337 e. The van der Waals surface area contributed by atoms with E-state index in [4.69, 9.17) is 0 Å². The summed E-state index contributed by atoms with van der Waals surface area (Å²) in [7, 11) is 1.31. The smallest absolute Gasteiger partial charge is 0.337 e. The van der Waals surface area contributed by atoms with E-state index in [0.29, 0.717) is 5.56 Å². The van der Waals surface area contributed by atoms with Crippen LogP contribution in [0.3, 0.4) is 0 Å². The second-order valence-electron chi connectivity index (χ2n) is 4.22. The first-order valence-electron chi connectivity index (χ1n) is 6.18. The fourth-order valence-electron chi connectivity index (χ4n) is 1.68. The fourth-order valence-corrected chi connectivity index (χ4v) is 1.68. The summed E-state index contributed by atoms with van der Waals surface area (Å²) in [5, 5.41) is 2.62. The number of hydrogen-bond donors (Lipinski definition) is 1. The number of nitrogens with one attached hydrogen (secondary N) is 1. The summed E-state index contributed by atoms with van der Waals surface area (Å²) in [6.07, 6.45) is 0. The number of ether oxygens (including phenoxy) is 1. The molecule has 0 spiro atoms. The minimum atomic E-state index is -0.704. The predicted octanol–water partition coefficient (Wildman–Crippen LogP) is 1.94. The van der Waals surface area contributed by atoms with Crippen LogP contribution in [0.15, 0.2) is 42.5 Å². The lowest BCUT2D eigenvalue weighted by atomic mass is 10.1. The van der Waals surface area contributed by atoms with E-state index < -0.39 is 17.8 Å². The van der Waals surface area contributed by atoms with Crippen LogP contribution in [-0.4, -0.2) is 24.0 Å². The number of nitrogens with zero attached hydrogens (tertiary/aromatic N) is 1. The topological polar surface area (TPSA) is 68.3 Å². The number of amides is 1. The summed E-state index contributed by atoms with van der Waals surface area (Å²) in [6.45, 7) is 0.248. The van der Waals surface area contributed by atoms with Crippen LogP contribution in [0.5, 0.6) is 0 Å². The van der Waals surface area contributed by atoms with E-state index in [-0.39, 0.29) is 12.2 Å². The van der Waals surface area contributed by atoms with E-state index in [9.17, 15) is 14.0 Å². The molecule has 0 aliphatic carbocycles. The fraction of sp³-hybridized carbons (Fsp3) is 0.133. The Labute approximate surface area is 120 Å². The molecule has 1 aromatic carbocycles. The van der Waals surface area contributed by atoms with Crippen LogP contribution in [0.1, 0.15) is 26.4 Å². The van der Waals surface area contributed by atoms with E-state index in [1.807, 2.05) is 0 Å². The normalized spacial score (nSPS) is 10.0. The van der Waals surface area contributed by atoms with E-state index >= 15 is 0 Å². The van der Waals surface area contributed by atoms with Gasteiger partial charge in [0.25, 0.3) is 5.91 Å². The van der Waals surface area contributed by atoms with E-state index in [2.05, 4.69) is 15.0 Å². The number of halogens is 1. The first kappa shape index (κ1) is 14.6. The molecule has 0 bridgehead atoms. The van der Waals surface area contributed by atoms with Crippen molar-refractivity contribution >= 4 is 11.9 Å². The van der Waals surface area contributed by atoms with Gasteiger partial charge in [-0.2, -0.15) is 4.39 Å². The molecule has 0 aliphatic heterocycles. The lowest BCUT2D eigenvalue weighted by Gasteiger charge is -2.06. The second kappa shape index (κ2) is 6.60. The molecule has 6 heteroatoms. The van der Waals surface area contributed by atoms with Gasteiger partial charge in [0, 0.05) is 6.54 Å². The molecule has 0 saturated heterocycles. The van der Waals surface area contributed by atoms with Crippen molar-refractivity contribution in [1.82, 2.24) is 10.3 Å². The molecular formula is C15H13FN2O3. The van der Waals surface area contributed by atoms with Gasteiger partial charge in [-0.3, -0.25) is 4.79 Å². The summed E-state index contributed by atoms with van der Waals surface area (Å²) in [5.41, 5.74) is 1.24. The molecule has 0 fully saturated rings. The zero-order valence-corrected chi connectivity index (χ0v) is 11.3. The average Bonchev–Trinajstić information content (AvgIpc) is 2.52. The maximum atomic E-state index is 12.9. The van der Waals surface area contributed by atoms with Crippen molar-refractivity contribution in [3.63, 3.8) is 0 Å². The quantitative estimate of drug-likeness (QED) is 0.689. The highest BCUT2D eigenvalue weighted by Gasteiger charge is 2.08. The Morgan fingerprint density at radius 1 is 1.19 bits per heavy atom. The van der Waals surface area contributed by atoms with E-state index in [0.717, 1.165) is 5.56 Å². The molecule has 21 heavy (non-hydrogen) atoms. The number of carbonyl (C=O) groups is 2. The van der Waals surface area contributed by atoms with Gasteiger partial charge < -0.3 is 10.1 Å². The molecular weight excluding hydrogens is 275 g/mol. The lowest BCUT2D eigenvalue weighted by Crippen LogP contribution is -2.24. The molecule has 2 aromatic rings. The van der Waals surface area contributed by atoms with Gasteiger partial charge in [0.05, 0.1) is 12.7 Å². The van der Waals surface area contributed by atoms with Gasteiger partial charge in [-0.1, -0.05) is 18.2 Å². The standard InChI is InChI=1S/C15H13FN2O3/c1-21-15(20)11-7-5-10(6-8-11)9-17-14(19)12-3-2-4-13(16)18-12/h2-8H,9H2,1H3,(H,17,19). The van der Waals surface area contributed by atoms with Crippen LogP contribution in [0, 0.1) is 5.95 Å². The molecule has 0 unspecified atom stereocenters. The Kier molecular flexibility index (Phi) is 4.61. The third-order valence-electron chi connectivity index (χ3n) is 2.78. The minimum absolute atomic E-state index is 0.0150. The number of hydrogen-bond acceptors (Lipinski definition) is 4. The van der Waals surface area contributed by atoms with Gasteiger partial charge >= 0.3 is 5.97 Å². The second-order valence-corrected chi connectivity index (χ2v) is 4.22.